The highest BCUT2D eigenvalue weighted by molar-refractivity contribution is 7.80. The van der Waals surface area contributed by atoms with Crippen molar-refractivity contribution in [2.45, 2.75) is 6.92 Å². The molecule has 6 nitrogen and oxygen atoms in total. The summed E-state index contributed by atoms with van der Waals surface area (Å²) in [5.41, 5.74) is 1.98. The van der Waals surface area contributed by atoms with Crippen LogP contribution in [0.4, 0.5) is 11.4 Å². The number of thiocarbonyl (C=S) groups is 1. The predicted molar refractivity (Wildman–Crippen MR) is 121 cm³/mol. The first-order chi connectivity index (χ1) is 13.8. The number of anilines is 2. The molecular formula is C20H20Cl2N4O2S. The zero-order valence-electron chi connectivity index (χ0n) is 15.7. The molecule has 1 saturated heterocycles. The normalized spacial score (nSPS) is 13.8. The number of hydrogen-bond donors (Lipinski definition) is 2. The summed E-state index contributed by atoms with van der Waals surface area (Å²) in [6, 6.07) is 12.1. The van der Waals surface area contributed by atoms with Crippen molar-refractivity contribution in [3.8, 4) is 0 Å². The molecule has 1 aliphatic heterocycles. The number of nitrogens with one attached hydrogen (secondary N) is 2. The number of hydrogen-bond acceptors (Lipinski definition) is 4. The van der Waals surface area contributed by atoms with Gasteiger partial charge >= 0.3 is 0 Å². The first-order valence-electron chi connectivity index (χ1n) is 9.01. The van der Waals surface area contributed by atoms with Gasteiger partial charge in [0.05, 0.1) is 10.7 Å². The van der Waals surface area contributed by atoms with E-state index < -0.39 is 0 Å². The second kappa shape index (κ2) is 9.43. The fourth-order valence-corrected chi connectivity index (χ4v) is 3.77. The van der Waals surface area contributed by atoms with Gasteiger partial charge in [0.25, 0.3) is 5.91 Å². The number of rotatable bonds is 3. The van der Waals surface area contributed by atoms with E-state index in [0.717, 1.165) is 18.8 Å². The predicted octanol–water partition coefficient (Wildman–Crippen LogP) is 3.79. The van der Waals surface area contributed by atoms with Gasteiger partial charge in [0.2, 0.25) is 5.91 Å². The Hall–Kier alpha value is -2.35. The second-order valence-corrected chi connectivity index (χ2v) is 7.83. The van der Waals surface area contributed by atoms with Gasteiger partial charge in [-0.15, -0.1) is 0 Å². The first kappa shape index (κ1) is 21.4. The van der Waals surface area contributed by atoms with Crippen molar-refractivity contribution < 1.29 is 9.59 Å². The number of benzene rings is 2. The molecule has 1 heterocycles. The van der Waals surface area contributed by atoms with Gasteiger partial charge in [-0.1, -0.05) is 29.3 Å². The van der Waals surface area contributed by atoms with Crippen LogP contribution in [0.25, 0.3) is 0 Å². The van der Waals surface area contributed by atoms with Gasteiger partial charge in [-0.25, -0.2) is 0 Å². The summed E-state index contributed by atoms with van der Waals surface area (Å²) in [4.78, 5) is 27.7. The van der Waals surface area contributed by atoms with Gasteiger partial charge in [0.1, 0.15) is 0 Å². The minimum absolute atomic E-state index is 0.0867. The Balaban J connectivity index is 1.59. The highest BCUT2D eigenvalue weighted by Gasteiger charge is 2.20. The molecule has 0 atom stereocenters. The number of halogens is 2. The van der Waals surface area contributed by atoms with Crippen molar-refractivity contribution in [2.24, 2.45) is 0 Å². The smallest absolute Gasteiger partial charge is 0.257 e. The quantitative estimate of drug-likeness (QED) is 0.696. The van der Waals surface area contributed by atoms with E-state index in [2.05, 4.69) is 15.5 Å². The highest BCUT2D eigenvalue weighted by Crippen LogP contribution is 2.29. The molecule has 2 aromatic rings. The molecule has 1 aliphatic rings. The van der Waals surface area contributed by atoms with Crippen LogP contribution in [-0.2, 0) is 4.79 Å². The summed E-state index contributed by atoms with van der Waals surface area (Å²) < 4.78 is 0. The van der Waals surface area contributed by atoms with Crippen molar-refractivity contribution in [2.75, 3.05) is 36.4 Å². The lowest BCUT2D eigenvalue weighted by atomic mass is 10.2. The summed E-state index contributed by atoms with van der Waals surface area (Å²) in [6.07, 6.45) is 0. The summed E-state index contributed by atoms with van der Waals surface area (Å²) in [6.45, 7) is 4.37. The average Bonchev–Trinajstić information content (AvgIpc) is 2.68. The van der Waals surface area contributed by atoms with E-state index in [9.17, 15) is 9.59 Å². The summed E-state index contributed by atoms with van der Waals surface area (Å²) in [5, 5.41) is 6.78. The van der Waals surface area contributed by atoms with E-state index >= 15 is 0 Å². The monoisotopic (exact) mass is 450 g/mol. The summed E-state index contributed by atoms with van der Waals surface area (Å²) in [7, 11) is 0. The molecule has 0 radical (unpaired) electrons. The number of nitrogens with zero attached hydrogens (tertiary/aromatic N) is 2. The van der Waals surface area contributed by atoms with E-state index in [1.807, 2.05) is 17.0 Å². The minimum atomic E-state index is -0.351. The maximum absolute atomic E-state index is 12.2. The Morgan fingerprint density at radius 3 is 2.38 bits per heavy atom. The molecule has 2 aromatic carbocycles. The molecule has 2 amide bonds. The lowest BCUT2D eigenvalue weighted by Gasteiger charge is -2.36. The summed E-state index contributed by atoms with van der Waals surface area (Å²) >= 11 is 17.6. The third kappa shape index (κ3) is 5.59. The maximum Gasteiger partial charge on any atom is 0.257 e. The Bertz CT molecular complexity index is 946. The molecule has 0 unspecified atom stereocenters. The molecule has 2 N–H and O–H groups in total. The van der Waals surface area contributed by atoms with Gasteiger partial charge in [0, 0.05) is 49.4 Å². The van der Waals surface area contributed by atoms with Crippen molar-refractivity contribution in [1.82, 2.24) is 10.2 Å². The van der Waals surface area contributed by atoms with E-state index in [1.54, 1.807) is 37.3 Å². The Morgan fingerprint density at radius 1 is 1.03 bits per heavy atom. The Kier molecular flexibility index (Phi) is 6.95. The van der Waals surface area contributed by atoms with Crippen LogP contribution in [0.2, 0.25) is 10.0 Å². The molecule has 29 heavy (non-hydrogen) atoms. The van der Waals surface area contributed by atoms with Crippen molar-refractivity contribution in [3.05, 3.63) is 58.1 Å². The molecular weight excluding hydrogens is 431 g/mol. The fraction of sp³-hybridized carbons (Fsp3) is 0.250. The number of amides is 2. The molecule has 0 saturated carbocycles. The van der Waals surface area contributed by atoms with Gasteiger partial charge in [-0.05, 0) is 48.6 Å². The Morgan fingerprint density at radius 2 is 1.76 bits per heavy atom. The van der Waals surface area contributed by atoms with Crippen molar-refractivity contribution >= 4 is 63.7 Å². The van der Waals surface area contributed by atoms with Crippen LogP contribution in [0.1, 0.15) is 17.3 Å². The average molecular weight is 451 g/mol. The van der Waals surface area contributed by atoms with Crippen molar-refractivity contribution in [3.63, 3.8) is 0 Å². The molecule has 0 aliphatic carbocycles. The topological polar surface area (TPSA) is 64.7 Å². The van der Waals surface area contributed by atoms with E-state index in [-0.39, 0.29) is 16.9 Å². The van der Waals surface area contributed by atoms with Crippen LogP contribution < -0.4 is 15.5 Å². The van der Waals surface area contributed by atoms with Gasteiger partial charge in [-0.3, -0.25) is 14.9 Å². The number of piperazine rings is 1. The third-order valence-corrected chi connectivity index (χ3v) is 5.33. The summed E-state index contributed by atoms with van der Waals surface area (Å²) in [5.74, 6) is -0.264. The Labute approximate surface area is 184 Å². The van der Waals surface area contributed by atoms with Crippen LogP contribution in [0, 0.1) is 0 Å². The molecule has 9 heteroatoms. The van der Waals surface area contributed by atoms with Crippen LogP contribution in [-0.4, -0.2) is 48.0 Å². The zero-order valence-corrected chi connectivity index (χ0v) is 18.1. The van der Waals surface area contributed by atoms with E-state index in [1.165, 1.54) is 0 Å². The lowest BCUT2D eigenvalue weighted by Crippen LogP contribution is -2.48. The van der Waals surface area contributed by atoms with E-state index in [0.29, 0.717) is 34.4 Å². The van der Waals surface area contributed by atoms with Crippen LogP contribution in [0.15, 0.2) is 42.5 Å². The molecule has 1 fully saturated rings. The highest BCUT2D eigenvalue weighted by atomic mass is 35.5. The zero-order chi connectivity index (χ0) is 21.0. The van der Waals surface area contributed by atoms with E-state index in [4.69, 9.17) is 35.4 Å². The lowest BCUT2D eigenvalue weighted by molar-refractivity contribution is -0.129. The van der Waals surface area contributed by atoms with Crippen LogP contribution in [0.3, 0.4) is 0 Å². The van der Waals surface area contributed by atoms with Gasteiger partial charge in [0.15, 0.2) is 5.11 Å². The van der Waals surface area contributed by atoms with Crippen LogP contribution in [0.5, 0.6) is 0 Å². The number of carbonyl (C=O) groups is 2. The molecule has 152 valence electrons. The van der Waals surface area contributed by atoms with Crippen LogP contribution >= 0.6 is 35.4 Å². The SMILES string of the molecule is CC(=O)N1CCN(c2ccc(NC(=S)NC(=O)c3cccc(Cl)c3)cc2Cl)CC1. The van der Waals surface area contributed by atoms with Gasteiger partial charge < -0.3 is 15.1 Å². The largest absolute Gasteiger partial charge is 0.367 e. The molecule has 0 spiro atoms. The third-order valence-electron chi connectivity index (χ3n) is 4.59. The molecule has 0 bridgehead atoms. The second-order valence-electron chi connectivity index (χ2n) is 6.58. The van der Waals surface area contributed by atoms with Crippen molar-refractivity contribution in [1.29, 1.82) is 0 Å². The molecule has 0 aromatic heterocycles. The standard InChI is InChI=1S/C20H20Cl2N4O2S/c1-13(27)25-7-9-26(10-8-25)18-6-5-16(12-17(18)22)23-20(29)24-19(28)14-3-2-4-15(21)11-14/h2-6,11-12H,7-10H2,1H3,(H2,23,24,28,29). The fourth-order valence-electron chi connectivity index (χ4n) is 3.07. The maximum atomic E-state index is 12.2. The molecule has 3 rings (SSSR count). The number of carbonyl (C=O) groups excluding carboxylic acids is 2. The first-order valence-corrected chi connectivity index (χ1v) is 10.2. The van der Waals surface area contributed by atoms with Gasteiger partial charge in [-0.2, -0.15) is 0 Å². The minimum Gasteiger partial charge on any atom is -0.367 e.